The number of carbonyl (C=O) groups excluding carboxylic acids is 2. The van der Waals surface area contributed by atoms with Gasteiger partial charge in [-0.2, -0.15) is 0 Å². The summed E-state index contributed by atoms with van der Waals surface area (Å²) >= 11 is 0. The van der Waals surface area contributed by atoms with Gasteiger partial charge in [0.1, 0.15) is 6.04 Å². The zero-order chi connectivity index (χ0) is 12.3. The molecule has 2 unspecified atom stereocenters. The summed E-state index contributed by atoms with van der Waals surface area (Å²) in [7, 11) is 0. The van der Waals surface area contributed by atoms with E-state index in [-0.39, 0.29) is 25.4 Å². The lowest BCUT2D eigenvalue weighted by molar-refractivity contribution is -0.148. The van der Waals surface area contributed by atoms with Crippen molar-refractivity contribution in [2.75, 3.05) is 13.1 Å². The Morgan fingerprint density at radius 3 is 2.56 bits per heavy atom. The smallest absolute Gasteiger partial charge is 0.326 e. The number of likely N-dealkylation sites (tertiary alicyclic amines) is 1. The Bertz CT molecular complexity index is 317. The summed E-state index contributed by atoms with van der Waals surface area (Å²) in [4.78, 5) is 34.0. The van der Waals surface area contributed by atoms with Crippen molar-refractivity contribution in [3.8, 4) is 0 Å². The number of carbonyl (C=O) groups is 3. The van der Waals surface area contributed by atoms with Crippen LogP contribution in [0.5, 0.6) is 0 Å². The quantitative estimate of drug-likeness (QED) is 0.528. The monoisotopic (exact) mass is 230 g/mol. The number of aliphatic hydroxyl groups excluding tert-OH is 1. The number of carboxylic acid groups (broad SMARTS) is 1. The Hall–Kier alpha value is -1.63. The average Bonchev–Trinajstić information content (AvgIpc) is 2.56. The molecule has 0 aromatic carbocycles. The SMILES string of the molecule is CC(=O)NCC(=O)N1CC(O)CC1C(=O)O. The highest BCUT2D eigenvalue weighted by atomic mass is 16.4. The molecule has 0 saturated carbocycles. The van der Waals surface area contributed by atoms with Crippen LogP contribution < -0.4 is 5.32 Å². The Kier molecular flexibility index (Phi) is 3.83. The molecule has 2 amide bonds. The zero-order valence-electron chi connectivity index (χ0n) is 8.84. The van der Waals surface area contributed by atoms with Gasteiger partial charge in [0.25, 0.3) is 0 Å². The van der Waals surface area contributed by atoms with Crippen molar-refractivity contribution in [3.63, 3.8) is 0 Å². The molecule has 0 radical (unpaired) electrons. The van der Waals surface area contributed by atoms with Crippen molar-refractivity contribution in [3.05, 3.63) is 0 Å². The van der Waals surface area contributed by atoms with Crippen molar-refractivity contribution < 1.29 is 24.6 Å². The Morgan fingerprint density at radius 2 is 2.06 bits per heavy atom. The number of rotatable bonds is 3. The molecule has 1 aliphatic heterocycles. The molecule has 0 bridgehead atoms. The highest BCUT2D eigenvalue weighted by molar-refractivity contribution is 5.88. The second-order valence-corrected chi connectivity index (χ2v) is 3.70. The highest BCUT2D eigenvalue weighted by Crippen LogP contribution is 2.17. The van der Waals surface area contributed by atoms with Crippen LogP contribution in [-0.4, -0.2) is 58.1 Å². The van der Waals surface area contributed by atoms with Crippen molar-refractivity contribution >= 4 is 17.8 Å². The van der Waals surface area contributed by atoms with Gasteiger partial charge >= 0.3 is 5.97 Å². The maximum absolute atomic E-state index is 11.5. The van der Waals surface area contributed by atoms with E-state index in [2.05, 4.69) is 5.32 Å². The van der Waals surface area contributed by atoms with Gasteiger partial charge in [0.15, 0.2) is 0 Å². The van der Waals surface area contributed by atoms with Crippen molar-refractivity contribution in [2.45, 2.75) is 25.5 Å². The van der Waals surface area contributed by atoms with Crippen LogP contribution >= 0.6 is 0 Å². The molecule has 1 saturated heterocycles. The van der Waals surface area contributed by atoms with Crippen molar-refractivity contribution in [1.29, 1.82) is 0 Å². The average molecular weight is 230 g/mol. The van der Waals surface area contributed by atoms with Gasteiger partial charge in [-0.3, -0.25) is 9.59 Å². The molecule has 0 aliphatic carbocycles. The van der Waals surface area contributed by atoms with Gasteiger partial charge in [0.2, 0.25) is 11.8 Å². The van der Waals surface area contributed by atoms with Crippen LogP contribution in [-0.2, 0) is 14.4 Å². The standard InChI is InChI=1S/C9H14N2O5/c1-5(12)10-3-8(14)11-4-6(13)2-7(11)9(15)16/h6-7,13H,2-4H2,1H3,(H,10,12)(H,15,16). The first kappa shape index (κ1) is 12.4. The van der Waals surface area contributed by atoms with Crippen LogP contribution in [0.4, 0.5) is 0 Å². The summed E-state index contributed by atoms with van der Waals surface area (Å²) in [5, 5.41) is 20.4. The lowest BCUT2D eigenvalue weighted by atomic mass is 10.2. The number of amides is 2. The molecule has 16 heavy (non-hydrogen) atoms. The highest BCUT2D eigenvalue weighted by Gasteiger charge is 2.38. The largest absolute Gasteiger partial charge is 0.480 e. The third kappa shape index (κ3) is 2.93. The summed E-state index contributed by atoms with van der Waals surface area (Å²) in [5.74, 6) is -2.01. The molecule has 7 nitrogen and oxygen atoms in total. The van der Waals surface area contributed by atoms with Crippen LogP contribution in [0.3, 0.4) is 0 Å². The number of nitrogens with one attached hydrogen (secondary N) is 1. The lowest BCUT2D eigenvalue weighted by Crippen LogP contribution is -2.45. The van der Waals surface area contributed by atoms with Crippen LogP contribution in [0.1, 0.15) is 13.3 Å². The summed E-state index contributed by atoms with van der Waals surface area (Å²) in [6.45, 7) is 1.02. The first-order valence-electron chi connectivity index (χ1n) is 4.86. The van der Waals surface area contributed by atoms with Crippen molar-refractivity contribution in [1.82, 2.24) is 10.2 Å². The minimum absolute atomic E-state index is 0.00458. The second kappa shape index (κ2) is 4.93. The summed E-state index contributed by atoms with van der Waals surface area (Å²) < 4.78 is 0. The normalized spacial score (nSPS) is 24.2. The molecule has 90 valence electrons. The first-order chi connectivity index (χ1) is 7.41. The number of hydrogen-bond donors (Lipinski definition) is 3. The van der Waals surface area contributed by atoms with Crippen LogP contribution in [0.2, 0.25) is 0 Å². The summed E-state index contributed by atoms with van der Waals surface area (Å²) in [6.07, 6.45) is -0.788. The van der Waals surface area contributed by atoms with Crippen molar-refractivity contribution in [2.24, 2.45) is 0 Å². The Balaban J connectivity index is 2.59. The summed E-state index contributed by atoms with van der Waals surface area (Å²) in [5.41, 5.74) is 0. The molecule has 0 aromatic heterocycles. The molecule has 7 heteroatoms. The van der Waals surface area contributed by atoms with E-state index in [1.54, 1.807) is 0 Å². The molecule has 1 fully saturated rings. The maximum atomic E-state index is 11.5. The third-order valence-corrected chi connectivity index (χ3v) is 2.37. The number of aliphatic carboxylic acids is 1. The predicted molar refractivity (Wildman–Crippen MR) is 52.4 cm³/mol. The van der Waals surface area contributed by atoms with Crippen LogP contribution in [0.15, 0.2) is 0 Å². The van der Waals surface area contributed by atoms with E-state index in [0.717, 1.165) is 4.90 Å². The van der Waals surface area contributed by atoms with E-state index in [9.17, 15) is 19.5 Å². The molecular weight excluding hydrogens is 216 g/mol. The number of hydrogen-bond acceptors (Lipinski definition) is 4. The molecule has 0 aromatic rings. The van der Waals surface area contributed by atoms with Crippen LogP contribution in [0.25, 0.3) is 0 Å². The van der Waals surface area contributed by atoms with Crippen LogP contribution in [0, 0.1) is 0 Å². The fraction of sp³-hybridized carbons (Fsp3) is 0.667. The number of β-amino-alcohol motifs (C(OH)–C–C–N with tert-alkyl or cyclic N) is 1. The van der Waals surface area contributed by atoms with E-state index in [1.165, 1.54) is 6.92 Å². The van der Waals surface area contributed by atoms with Gasteiger partial charge < -0.3 is 20.4 Å². The van der Waals surface area contributed by atoms with E-state index in [4.69, 9.17) is 5.11 Å². The Morgan fingerprint density at radius 1 is 1.44 bits per heavy atom. The third-order valence-electron chi connectivity index (χ3n) is 2.37. The molecule has 1 heterocycles. The lowest BCUT2D eigenvalue weighted by Gasteiger charge is -2.20. The van der Waals surface area contributed by atoms with E-state index < -0.39 is 24.0 Å². The summed E-state index contributed by atoms with van der Waals surface area (Å²) in [6, 6.07) is -1.00. The minimum Gasteiger partial charge on any atom is -0.480 e. The number of nitrogens with zero attached hydrogens (tertiary/aromatic N) is 1. The molecule has 0 spiro atoms. The minimum atomic E-state index is -1.15. The van der Waals surface area contributed by atoms with Gasteiger partial charge in [-0.05, 0) is 0 Å². The predicted octanol–water partition coefficient (Wildman–Crippen LogP) is -1.83. The molecule has 2 atom stereocenters. The van der Waals surface area contributed by atoms with Gasteiger partial charge in [0.05, 0.1) is 12.6 Å². The fourth-order valence-electron chi connectivity index (χ4n) is 1.63. The number of carboxylic acids is 1. The molecule has 3 N–H and O–H groups in total. The van der Waals surface area contributed by atoms with Gasteiger partial charge in [0, 0.05) is 19.9 Å². The molecule has 1 rings (SSSR count). The second-order valence-electron chi connectivity index (χ2n) is 3.70. The van der Waals surface area contributed by atoms with Gasteiger partial charge in [-0.25, -0.2) is 4.79 Å². The topological polar surface area (TPSA) is 107 Å². The number of aliphatic hydroxyl groups is 1. The zero-order valence-corrected chi connectivity index (χ0v) is 8.84. The Labute approximate surface area is 92.0 Å². The van der Waals surface area contributed by atoms with Gasteiger partial charge in [-0.15, -0.1) is 0 Å². The van der Waals surface area contributed by atoms with E-state index in [1.807, 2.05) is 0 Å². The fourth-order valence-corrected chi connectivity index (χ4v) is 1.63. The first-order valence-corrected chi connectivity index (χ1v) is 4.86. The van der Waals surface area contributed by atoms with E-state index in [0.29, 0.717) is 0 Å². The molecule has 1 aliphatic rings. The van der Waals surface area contributed by atoms with Gasteiger partial charge in [-0.1, -0.05) is 0 Å². The molecular formula is C9H14N2O5. The van der Waals surface area contributed by atoms with E-state index >= 15 is 0 Å². The maximum Gasteiger partial charge on any atom is 0.326 e.